The van der Waals surface area contributed by atoms with E-state index in [2.05, 4.69) is 10.6 Å². The van der Waals surface area contributed by atoms with Gasteiger partial charge in [0.05, 0.1) is 0 Å². The highest BCUT2D eigenvalue weighted by Crippen LogP contribution is 2.13. The molecule has 2 amide bonds. The number of amides is 2. The van der Waals surface area contributed by atoms with E-state index in [4.69, 9.17) is 4.74 Å². The molecular formula is C26H28N2O3. The van der Waals surface area contributed by atoms with Crippen LogP contribution in [0.5, 0.6) is 5.75 Å². The van der Waals surface area contributed by atoms with Gasteiger partial charge < -0.3 is 15.4 Å². The summed E-state index contributed by atoms with van der Waals surface area (Å²) in [5.74, 6) is 0.546. The third-order valence-electron chi connectivity index (χ3n) is 5.00. The van der Waals surface area contributed by atoms with Crippen molar-refractivity contribution in [2.75, 3.05) is 0 Å². The molecular weight excluding hydrogens is 388 g/mol. The van der Waals surface area contributed by atoms with Crippen molar-refractivity contribution in [3.05, 3.63) is 101 Å². The maximum absolute atomic E-state index is 12.5. The lowest BCUT2D eigenvalue weighted by atomic mass is 10.1. The molecule has 31 heavy (non-hydrogen) atoms. The summed E-state index contributed by atoms with van der Waals surface area (Å²) < 4.78 is 5.73. The SMILES string of the molecule is CCC(C)NC(=O)c1cccc(CNC(=O)c2ccc(COc3ccccc3)cc2)c1. The molecule has 0 saturated carbocycles. The number of hydrogen-bond acceptors (Lipinski definition) is 3. The van der Waals surface area contributed by atoms with Crippen molar-refractivity contribution >= 4 is 11.8 Å². The lowest BCUT2D eigenvalue weighted by Crippen LogP contribution is -2.32. The molecule has 2 N–H and O–H groups in total. The van der Waals surface area contributed by atoms with Gasteiger partial charge in [-0.15, -0.1) is 0 Å². The Morgan fingerprint density at radius 3 is 2.29 bits per heavy atom. The summed E-state index contributed by atoms with van der Waals surface area (Å²) in [7, 11) is 0. The van der Waals surface area contributed by atoms with E-state index < -0.39 is 0 Å². The number of hydrogen-bond donors (Lipinski definition) is 2. The fourth-order valence-corrected chi connectivity index (χ4v) is 2.95. The van der Waals surface area contributed by atoms with Crippen LogP contribution in [0.15, 0.2) is 78.9 Å². The third-order valence-corrected chi connectivity index (χ3v) is 5.00. The Hall–Kier alpha value is -3.60. The summed E-state index contributed by atoms with van der Waals surface area (Å²) in [6.45, 7) is 4.79. The van der Waals surface area contributed by atoms with Crippen LogP contribution >= 0.6 is 0 Å². The van der Waals surface area contributed by atoms with Gasteiger partial charge in [0.25, 0.3) is 11.8 Å². The third kappa shape index (κ3) is 6.71. The molecule has 5 heteroatoms. The van der Waals surface area contributed by atoms with Crippen molar-refractivity contribution in [1.82, 2.24) is 10.6 Å². The molecule has 3 aromatic rings. The molecule has 0 aliphatic heterocycles. The smallest absolute Gasteiger partial charge is 0.251 e. The van der Waals surface area contributed by atoms with E-state index in [9.17, 15) is 9.59 Å². The summed E-state index contributed by atoms with van der Waals surface area (Å²) in [4.78, 5) is 24.8. The molecule has 0 bridgehead atoms. The lowest BCUT2D eigenvalue weighted by Gasteiger charge is -2.12. The van der Waals surface area contributed by atoms with E-state index in [0.717, 1.165) is 23.3 Å². The zero-order chi connectivity index (χ0) is 22.1. The van der Waals surface area contributed by atoms with Gasteiger partial charge in [0, 0.05) is 23.7 Å². The van der Waals surface area contributed by atoms with E-state index >= 15 is 0 Å². The normalized spacial score (nSPS) is 11.4. The van der Waals surface area contributed by atoms with Crippen LogP contribution in [-0.2, 0) is 13.2 Å². The van der Waals surface area contributed by atoms with Gasteiger partial charge in [-0.05, 0) is 60.9 Å². The second-order valence-electron chi connectivity index (χ2n) is 7.46. The highest BCUT2D eigenvalue weighted by molar-refractivity contribution is 5.95. The number of para-hydroxylation sites is 1. The highest BCUT2D eigenvalue weighted by Gasteiger charge is 2.10. The van der Waals surface area contributed by atoms with Crippen LogP contribution in [0.2, 0.25) is 0 Å². The first kappa shape index (κ1) is 22.1. The van der Waals surface area contributed by atoms with Crippen LogP contribution < -0.4 is 15.4 Å². The minimum Gasteiger partial charge on any atom is -0.489 e. The Morgan fingerprint density at radius 1 is 0.839 bits per heavy atom. The van der Waals surface area contributed by atoms with Gasteiger partial charge in [-0.1, -0.05) is 49.4 Å². The maximum atomic E-state index is 12.5. The van der Waals surface area contributed by atoms with E-state index in [1.54, 1.807) is 18.2 Å². The second-order valence-corrected chi connectivity index (χ2v) is 7.46. The predicted octanol–water partition coefficient (Wildman–Crippen LogP) is 4.72. The van der Waals surface area contributed by atoms with E-state index in [1.807, 2.05) is 74.5 Å². The van der Waals surface area contributed by atoms with Gasteiger partial charge in [-0.3, -0.25) is 9.59 Å². The molecule has 0 spiro atoms. The minimum absolute atomic E-state index is 0.101. The number of ether oxygens (including phenoxy) is 1. The molecule has 3 rings (SSSR count). The predicted molar refractivity (Wildman–Crippen MR) is 122 cm³/mol. The van der Waals surface area contributed by atoms with Crippen molar-refractivity contribution in [3.63, 3.8) is 0 Å². The number of carbonyl (C=O) groups excluding carboxylic acids is 2. The average Bonchev–Trinajstić information content (AvgIpc) is 2.82. The minimum atomic E-state index is -0.162. The van der Waals surface area contributed by atoms with Crippen molar-refractivity contribution in [3.8, 4) is 5.75 Å². The van der Waals surface area contributed by atoms with E-state index in [0.29, 0.717) is 24.3 Å². The molecule has 0 radical (unpaired) electrons. The fraction of sp³-hybridized carbons (Fsp3) is 0.231. The van der Waals surface area contributed by atoms with Crippen LogP contribution in [0.3, 0.4) is 0 Å². The van der Waals surface area contributed by atoms with Crippen LogP contribution in [0.4, 0.5) is 0 Å². The Kier molecular flexibility index (Phi) is 7.82. The van der Waals surface area contributed by atoms with Gasteiger partial charge in [0.1, 0.15) is 12.4 Å². The van der Waals surface area contributed by atoms with Crippen molar-refractivity contribution in [2.24, 2.45) is 0 Å². The Labute approximate surface area is 183 Å². The highest BCUT2D eigenvalue weighted by atomic mass is 16.5. The Morgan fingerprint density at radius 2 is 1.58 bits per heavy atom. The summed E-state index contributed by atoms with van der Waals surface area (Å²) in [6.07, 6.45) is 0.874. The van der Waals surface area contributed by atoms with Gasteiger partial charge >= 0.3 is 0 Å². The number of rotatable bonds is 9. The first-order chi connectivity index (χ1) is 15.0. The first-order valence-corrected chi connectivity index (χ1v) is 10.5. The monoisotopic (exact) mass is 416 g/mol. The molecule has 5 nitrogen and oxygen atoms in total. The van der Waals surface area contributed by atoms with Crippen molar-refractivity contribution < 1.29 is 14.3 Å². The van der Waals surface area contributed by atoms with Gasteiger partial charge in [-0.25, -0.2) is 0 Å². The van der Waals surface area contributed by atoms with E-state index in [1.165, 1.54) is 0 Å². The molecule has 0 aromatic heterocycles. The maximum Gasteiger partial charge on any atom is 0.251 e. The number of carbonyl (C=O) groups is 2. The Balaban J connectivity index is 1.52. The average molecular weight is 417 g/mol. The van der Waals surface area contributed by atoms with Crippen LogP contribution in [0.1, 0.15) is 52.1 Å². The van der Waals surface area contributed by atoms with E-state index in [-0.39, 0.29) is 17.9 Å². The van der Waals surface area contributed by atoms with Crippen molar-refractivity contribution in [2.45, 2.75) is 39.5 Å². The molecule has 0 fully saturated rings. The summed E-state index contributed by atoms with van der Waals surface area (Å²) in [5, 5.41) is 5.86. The fourth-order valence-electron chi connectivity index (χ4n) is 2.95. The molecule has 1 atom stereocenters. The molecule has 3 aromatic carbocycles. The number of nitrogens with one attached hydrogen (secondary N) is 2. The van der Waals surface area contributed by atoms with Gasteiger partial charge in [0.15, 0.2) is 0 Å². The van der Waals surface area contributed by atoms with Crippen molar-refractivity contribution in [1.29, 1.82) is 0 Å². The first-order valence-electron chi connectivity index (χ1n) is 10.5. The van der Waals surface area contributed by atoms with Crippen LogP contribution in [0, 0.1) is 0 Å². The molecule has 0 heterocycles. The summed E-state index contributed by atoms with van der Waals surface area (Å²) in [6, 6.07) is 24.4. The number of benzene rings is 3. The standard InChI is InChI=1S/C26H28N2O3/c1-3-19(2)28-26(30)23-9-7-8-21(16-23)17-27-25(29)22-14-12-20(13-15-22)18-31-24-10-5-4-6-11-24/h4-16,19H,3,17-18H2,1-2H3,(H,27,29)(H,28,30). The zero-order valence-electron chi connectivity index (χ0n) is 17.9. The second kappa shape index (κ2) is 11.0. The van der Waals surface area contributed by atoms with Crippen LogP contribution in [0.25, 0.3) is 0 Å². The topological polar surface area (TPSA) is 67.4 Å². The summed E-state index contributed by atoms with van der Waals surface area (Å²) in [5.41, 5.74) is 3.03. The molecule has 0 aliphatic carbocycles. The quantitative estimate of drug-likeness (QED) is 0.530. The Bertz CT molecular complexity index is 1000. The molecule has 0 aliphatic rings. The van der Waals surface area contributed by atoms with Gasteiger partial charge in [0.2, 0.25) is 0 Å². The molecule has 1 unspecified atom stereocenters. The largest absolute Gasteiger partial charge is 0.489 e. The summed E-state index contributed by atoms with van der Waals surface area (Å²) >= 11 is 0. The van der Waals surface area contributed by atoms with Crippen LogP contribution in [-0.4, -0.2) is 17.9 Å². The van der Waals surface area contributed by atoms with Gasteiger partial charge in [-0.2, -0.15) is 0 Å². The lowest BCUT2D eigenvalue weighted by molar-refractivity contribution is 0.0936. The molecule has 160 valence electrons. The zero-order valence-corrected chi connectivity index (χ0v) is 17.9. The molecule has 0 saturated heterocycles.